The van der Waals surface area contributed by atoms with Gasteiger partial charge >= 0.3 is 0 Å². The van der Waals surface area contributed by atoms with Crippen molar-refractivity contribution in [3.63, 3.8) is 0 Å². The van der Waals surface area contributed by atoms with Crippen LogP contribution in [-0.2, 0) is 4.79 Å². The number of nitrogens with one attached hydrogen (secondary N) is 1. The number of carbonyl (C=O) groups excluding carboxylic acids is 1. The van der Waals surface area contributed by atoms with Crippen molar-refractivity contribution in [3.8, 4) is 0 Å². The second kappa shape index (κ2) is 4.56. The summed E-state index contributed by atoms with van der Waals surface area (Å²) >= 11 is 4.90. The van der Waals surface area contributed by atoms with E-state index < -0.39 is 5.54 Å². The second-order valence-electron chi connectivity index (χ2n) is 3.69. The van der Waals surface area contributed by atoms with Crippen LogP contribution < -0.4 is 11.1 Å². The fourth-order valence-electron chi connectivity index (χ4n) is 0.740. The molecule has 0 aromatic heterocycles. The topological polar surface area (TPSA) is 55.1 Å². The zero-order valence-electron chi connectivity index (χ0n) is 8.68. The van der Waals surface area contributed by atoms with Crippen molar-refractivity contribution in [2.75, 3.05) is 0 Å². The van der Waals surface area contributed by atoms with Crippen molar-refractivity contribution >= 4 is 23.1 Å². The molecule has 0 heterocycles. The highest BCUT2D eigenvalue weighted by atomic mass is 32.1. The van der Waals surface area contributed by atoms with Gasteiger partial charge in [-0.05, 0) is 13.3 Å². The van der Waals surface area contributed by atoms with Crippen LogP contribution in [0.2, 0.25) is 0 Å². The molecule has 13 heavy (non-hydrogen) atoms. The zero-order chi connectivity index (χ0) is 10.6. The van der Waals surface area contributed by atoms with Gasteiger partial charge in [-0.3, -0.25) is 4.79 Å². The van der Waals surface area contributed by atoms with Crippen LogP contribution in [0.15, 0.2) is 0 Å². The van der Waals surface area contributed by atoms with E-state index in [0.717, 1.165) is 0 Å². The van der Waals surface area contributed by atoms with Gasteiger partial charge in [0.15, 0.2) is 0 Å². The molecule has 0 aliphatic carbocycles. The molecule has 0 aliphatic rings. The Balaban J connectivity index is 4.45. The fourth-order valence-corrected chi connectivity index (χ4v) is 0.936. The summed E-state index contributed by atoms with van der Waals surface area (Å²) in [7, 11) is 0. The molecule has 0 bridgehead atoms. The molecular formula is C9H18N2OS. The number of hydrogen-bond donors (Lipinski definition) is 2. The minimum atomic E-state index is -0.545. The number of hydrogen-bond acceptors (Lipinski definition) is 2. The van der Waals surface area contributed by atoms with E-state index in [9.17, 15) is 4.79 Å². The first-order valence-corrected chi connectivity index (χ1v) is 4.86. The molecule has 0 fully saturated rings. The summed E-state index contributed by atoms with van der Waals surface area (Å²) in [6, 6.07) is 0. The van der Waals surface area contributed by atoms with E-state index in [2.05, 4.69) is 5.32 Å². The molecule has 0 spiro atoms. The molecule has 3 N–H and O–H groups in total. The van der Waals surface area contributed by atoms with Crippen LogP contribution in [0, 0.1) is 5.92 Å². The fraction of sp³-hybridized carbons (Fsp3) is 0.778. The third-order valence-electron chi connectivity index (χ3n) is 2.17. The molecule has 1 atom stereocenters. The first-order chi connectivity index (χ1) is 5.83. The Labute approximate surface area is 85.1 Å². The Morgan fingerprint density at radius 2 is 2.08 bits per heavy atom. The molecule has 0 saturated carbocycles. The lowest BCUT2D eigenvalue weighted by Gasteiger charge is -2.29. The third kappa shape index (κ3) is 3.30. The number of thiocarbonyl (C=S) groups is 1. The molecule has 4 heteroatoms. The van der Waals surface area contributed by atoms with Gasteiger partial charge in [-0.2, -0.15) is 0 Å². The van der Waals surface area contributed by atoms with E-state index in [-0.39, 0.29) is 11.8 Å². The number of amides is 1. The minimum absolute atomic E-state index is 0.0165. The van der Waals surface area contributed by atoms with Gasteiger partial charge in [0.2, 0.25) is 5.91 Å². The molecule has 0 saturated heterocycles. The summed E-state index contributed by atoms with van der Waals surface area (Å²) in [5.41, 5.74) is 5.00. The lowest BCUT2D eigenvalue weighted by molar-refractivity contribution is -0.125. The zero-order valence-corrected chi connectivity index (χ0v) is 9.49. The second-order valence-corrected chi connectivity index (χ2v) is 4.13. The van der Waals surface area contributed by atoms with Crippen molar-refractivity contribution in [2.24, 2.45) is 11.7 Å². The summed E-state index contributed by atoms with van der Waals surface area (Å²) in [6.45, 7) is 7.46. The van der Waals surface area contributed by atoms with Crippen molar-refractivity contribution < 1.29 is 4.79 Å². The average Bonchev–Trinajstić information content (AvgIpc) is 2.03. The van der Waals surface area contributed by atoms with Crippen molar-refractivity contribution in [1.82, 2.24) is 5.32 Å². The lowest BCUT2D eigenvalue weighted by atomic mass is 9.98. The Bertz CT molecular complexity index is 216. The predicted molar refractivity (Wildman–Crippen MR) is 58.5 cm³/mol. The lowest BCUT2D eigenvalue weighted by Crippen LogP contribution is -2.55. The highest BCUT2D eigenvalue weighted by molar-refractivity contribution is 7.80. The molecule has 0 rings (SSSR count). The van der Waals surface area contributed by atoms with E-state index in [1.807, 2.05) is 27.7 Å². The maximum Gasteiger partial charge on any atom is 0.223 e. The molecule has 76 valence electrons. The van der Waals surface area contributed by atoms with E-state index >= 15 is 0 Å². The number of rotatable bonds is 4. The molecule has 0 aromatic rings. The van der Waals surface area contributed by atoms with E-state index in [1.54, 1.807) is 0 Å². The SMILES string of the molecule is CCC(C)(NC(=O)C(C)C)C(N)=S. The smallest absolute Gasteiger partial charge is 0.223 e. The highest BCUT2D eigenvalue weighted by Crippen LogP contribution is 2.10. The molecule has 0 aliphatic heterocycles. The van der Waals surface area contributed by atoms with Crippen LogP contribution >= 0.6 is 12.2 Å². The van der Waals surface area contributed by atoms with Gasteiger partial charge in [-0.25, -0.2) is 0 Å². The van der Waals surface area contributed by atoms with E-state index in [1.165, 1.54) is 0 Å². The molecule has 1 unspecified atom stereocenters. The Kier molecular flexibility index (Phi) is 4.33. The predicted octanol–water partition coefficient (Wildman–Crippen LogP) is 1.21. The monoisotopic (exact) mass is 202 g/mol. The largest absolute Gasteiger partial charge is 0.391 e. The summed E-state index contributed by atoms with van der Waals surface area (Å²) < 4.78 is 0. The van der Waals surface area contributed by atoms with Crippen LogP contribution in [-0.4, -0.2) is 16.4 Å². The van der Waals surface area contributed by atoms with Gasteiger partial charge in [0, 0.05) is 5.92 Å². The van der Waals surface area contributed by atoms with Crippen molar-refractivity contribution in [2.45, 2.75) is 39.7 Å². The molecule has 0 aromatic carbocycles. The summed E-state index contributed by atoms with van der Waals surface area (Å²) in [5, 5.41) is 2.84. The first-order valence-electron chi connectivity index (χ1n) is 4.45. The van der Waals surface area contributed by atoms with Crippen LogP contribution in [0.4, 0.5) is 0 Å². The van der Waals surface area contributed by atoms with E-state index in [0.29, 0.717) is 11.4 Å². The van der Waals surface area contributed by atoms with Gasteiger partial charge < -0.3 is 11.1 Å². The minimum Gasteiger partial charge on any atom is -0.391 e. The normalized spacial score (nSPS) is 15.2. The molecular weight excluding hydrogens is 184 g/mol. The maximum atomic E-state index is 11.4. The Morgan fingerprint density at radius 3 is 2.31 bits per heavy atom. The van der Waals surface area contributed by atoms with Crippen LogP contribution in [0.25, 0.3) is 0 Å². The van der Waals surface area contributed by atoms with Gasteiger partial charge in [-0.15, -0.1) is 0 Å². The van der Waals surface area contributed by atoms with Crippen molar-refractivity contribution in [3.05, 3.63) is 0 Å². The highest BCUT2D eigenvalue weighted by Gasteiger charge is 2.28. The van der Waals surface area contributed by atoms with Gasteiger partial charge in [0.25, 0.3) is 0 Å². The summed E-state index contributed by atoms with van der Waals surface area (Å²) in [5.74, 6) is -0.0580. The number of carbonyl (C=O) groups is 1. The molecule has 1 amide bonds. The van der Waals surface area contributed by atoms with Crippen LogP contribution in [0.3, 0.4) is 0 Å². The standard InChI is InChI=1S/C9H18N2OS/c1-5-9(4,8(10)13)11-7(12)6(2)3/h6H,5H2,1-4H3,(H2,10,13)(H,11,12). The number of nitrogens with two attached hydrogens (primary N) is 1. The quantitative estimate of drug-likeness (QED) is 0.674. The molecule has 0 radical (unpaired) electrons. The van der Waals surface area contributed by atoms with Crippen molar-refractivity contribution in [1.29, 1.82) is 0 Å². The Hall–Kier alpha value is -0.640. The van der Waals surface area contributed by atoms with Gasteiger partial charge in [0.1, 0.15) is 0 Å². The van der Waals surface area contributed by atoms with E-state index in [4.69, 9.17) is 18.0 Å². The van der Waals surface area contributed by atoms with Gasteiger partial charge in [0.05, 0.1) is 10.5 Å². The summed E-state index contributed by atoms with van der Waals surface area (Å²) in [6.07, 6.45) is 0.709. The maximum absolute atomic E-state index is 11.4. The average molecular weight is 202 g/mol. The first kappa shape index (κ1) is 12.4. The van der Waals surface area contributed by atoms with Crippen LogP contribution in [0.1, 0.15) is 34.1 Å². The van der Waals surface area contributed by atoms with Gasteiger partial charge in [-0.1, -0.05) is 33.0 Å². The third-order valence-corrected chi connectivity index (χ3v) is 2.62. The summed E-state index contributed by atoms with van der Waals surface area (Å²) in [4.78, 5) is 11.7. The van der Waals surface area contributed by atoms with Crippen LogP contribution in [0.5, 0.6) is 0 Å². The Morgan fingerprint density at radius 1 is 1.62 bits per heavy atom. The molecule has 3 nitrogen and oxygen atoms in total.